The van der Waals surface area contributed by atoms with Gasteiger partial charge in [0.05, 0.1) is 0 Å². The molecule has 0 radical (unpaired) electrons. The summed E-state index contributed by atoms with van der Waals surface area (Å²) in [5.74, 6) is 0.158. The van der Waals surface area contributed by atoms with Crippen LogP contribution in [0.4, 0.5) is 0 Å². The maximum Gasteiger partial charge on any atom is 0.254 e. The number of fused-ring (bicyclic) bond motifs is 1. The Bertz CT molecular complexity index is 401. The number of carbonyl (C=O) groups is 1. The van der Waals surface area contributed by atoms with E-state index >= 15 is 0 Å². The Hall–Kier alpha value is -1.35. The summed E-state index contributed by atoms with van der Waals surface area (Å²) in [6.07, 6.45) is 2.16. The maximum absolute atomic E-state index is 11.8. The molecule has 1 heterocycles. The quantitative estimate of drug-likeness (QED) is 0.775. The van der Waals surface area contributed by atoms with Crippen molar-refractivity contribution in [3.63, 3.8) is 0 Å². The molecule has 86 valence electrons. The van der Waals surface area contributed by atoms with Crippen LogP contribution in [0.2, 0.25) is 0 Å². The molecule has 0 atom stereocenters. The third-order valence-electron chi connectivity index (χ3n) is 3.12. The monoisotopic (exact) mass is 218 g/mol. The Labute approximate surface area is 96.5 Å². The first-order valence-corrected chi connectivity index (χ1v) is 5.75. The van der Waals surface area contributed by atoms with Gasteiger partial charge in [-0.05, 0) is 43.6 Å². The van der Waals surface area contributed by atoms with Gasteiger partial charge in [0, 0.05) is 19.2 Å². The molecule has 1 aliphatic rings. The van der Waals surface area contributed by atoms with Crippen LogP contribution in [0, 0.1) is 0 Å². The van der Waals surface area contributed by atoms with Crippen molar-refractivity contribution in [1.82, 2.24) is 10.2 Å². The largest absolute Gasteiger partial charge is 0.337 e. The molecule has 3 heteroatoms. The zero-order valence-electron chi connectivity index (χ0n) is 9.92. The van der Waals surface area contributed by atoms with E-state index in [1.165, 1.54) is 11.1 Å². The molecule has 0 fully saturated rings. The summed E-state index contributed by atoms with van der Waals surface area (Å²) in [5.41, 5.74) is 3.45. The number of rotatable bonds is 4. The molecule has 0 saturated carbocycles. The molecule has 1 aromatic rings. The van der Waals surface area contributed by atoms with Crippen LogP contribution in [0.25, 0.3) is 0 Å². The summed E-state index contributed by atoms with van der Waals surface area (Å²) in [6.45, 7) is 1.79. The summed E-state index contributed by atoms with van der Waals surface area (Å²) in [6, 6.07) is 6.06. The Balaban J connectivity index is 2.19. The van der Waals surface area contributed by atoms with Crippen molar-refractivity contribution in [2.24, 2.45) is 0 Å². The highest BCUT2D eigenvalue weighted by Crippen LogP contribution is 2.25. The Kier molecular flexibility index (Phi) is 3.25. The standard InChI is InChI=1S/C13H18N2O/c1-14-8-4-6-10-5-3-7-11-12(10)9-15(2)13(11)16/h3,5,7,14H,4,6,8-9H2,1-2H3. The summed E-state index contributed by atoms with van der Waals surface area (Å²) in [7, 11) is 3.83. The van der Waals surface area contributed by atoms with E-state index < -0.39 is 0 Å². The summed E-state index contributed by atoms with van der Waals surface area (Å²) < 4.78 is 0. The average molecular weight is 218 g/mol. The predicted octanol–water partition coefficient (Wildman–Crippen LogP) is 1.42. The van der Waals surface area contributed by atoms with E-state index in [-0.39, 0.29) is 5.91 Å². The lowest BCUT2D eigenvalue weighted by Gasteiger charge is -2.07. The molecule has 1 N–H and O–H groups in total. The molecule has 0 spiro atoms. The van der Waals surface area contributed by atoms with Gasteiger partial charge in [0.2, 0.25) is 0 Å². The SMILES string of the molecule is CNCCCc1cccc2c1CN(C)C2=O. The Morgan fingerprint density at radius 3 is 3.00 bits per heavy atom. The molecule has 1 amide bonds. The highest BCUT2D eigenvalue weighted by Gasteiger charge is 2.25. The van der Waals surface area contributed by atoms with Gasteiger partial charge in [0.15, 0.2) is 0 Å². The van der Waals surface area contributed by atoms with Crippen LogP contribution < -0.4 is 5.32 Å². The first-order chi connectivity index (χ1) is 7.74. The van der Waals surface area contributed by atoms with Crippen LogP contribution in [-0.4, -0.2) is 31.4 Å². The van der Waals surface area contributed by atoms with E-state index in [9.17, 15) is 4.79 Å². The van der Waals surface area contributed by atoms with Crippen LogP contribution >= 0.6 is 0 Å². The van der Waals surface area contributed by atoms with Crippen LogP contribution in [-0.2, 0) is 13.0 Å². The minimum absolute atomic E-state index is 0.158. The lowest BCUT2D eigenvalue weighted by atomic mass is 9.99. The number of nitrogens with one attached hydrogen (secondary N) is 1. The first-order valence-electron chi connectivity index (χ1n) is 5.75. The molecule has 3 nitrogen and oxygen atoms in total. The minimum Gasteiger partial charge on any atom is -0.337 e. The Morgan fingerprint density at radius 2 is 2.25 bits per heavy atom. The molecule has 0 unspecified atom stereocenters. The lowest BCUT2D eigenvalue weighted by Crippen LogP contribution is -2.17. The Morgan fingerprint density at radius 1 is 1.44 bits per heavy atom. The van der Waals surface area contributed by atoms with Gasteiger partial charge < -0.3 is 10.2 Å². The van der Waals surface area contributed by atoms with E-state index in [1.54, 1.807) is 4.90 Å². The molecule has 2 rings (SSSR count). The number of hydrogen-bond donors (Lipinski definition) is 1. The molecule has 0 aromatic heterocycles. The molecule has 1 aliphatic heterocycles. The third kappa shape index (κ3) is 1.95. The number of nitrogens with zero attached hydrogens (tertiary/aromatic N) is 1. The van der Waals surface area contributed by atoms with Crippen LogP contribution in [0.5, 0.6) is 0 Å². The number of hydrogen-bond acceptors (Lipinski definition) is 2. The van der Waals surface area contributed by atoms with Gasteiger partial charge in [-0.25, -0.2) is 0 Å². The fourth-order valence-electron chi connectivity index (χ4n) is 2.23. The molecular formula is C13H18N2O. The molecule has 0 saturated heterocycles. The lowest BCUT2D eigenvalue weighted by molar-refractivity contribution is 0.0816. The smallest absolute Gasteiger partial charge is 0.254 e. The van der Waals surface area contributed by atoms with Crippen molar-refractivity contribution < 1.29 is 4.79 Å². The number of amides is 1. The van der Waals surface area contributed by atoms with E-state index in [2.05, 4.69) is 11.4 Å². The summed E-state index contributed by atoms with van der Waals surface area (Å²) >= 11 is 0. The van der Waals surface area contributed by atoms with Crippen molar-refractivity contribution in [2.45, 2.75) is 19.4 Å². The highest BCUT2D eigenvalue weighted by atomic mass is 16.2. The molecular weight excluding hydrogens is 200 g/mol. The normalized spacial score (nSPS) is 14.4. The second-order valence-electron chi connectivity index (χ2n) is 4.31. The van der Waals surface area contributed by atoms with Crippen molar-refractivity contribution in [1.29, 1.82) is 0 Å². The van der Waals surface area contributed by atoms with E-state index in [4.69, 9.17) is 0 Å². The van der Waals surface area contributed by atoms with Gasteiger partial charge in [-0.3, -0.25) is 4.79 Å². The van der Waals surface area contributed by atoms with E-state index in [1.807, 2.05) is 26.2 Å². The number of aryl methyl sites for hydroxylation is 1. The van der Waals surface area contributed by atoms with Gasteiger partial charge in [-0.2, -0.15) is 0 Å². The number of benzene rings is 1. The van der Waals surface area contributed by atoms with Crippen LogP contribution in [0.15, 0.2) is 18.2 Å². The third-order valence-corrected chi connectivity index (χ3v) is 3.12. The molecule has 1 aromatic carbocycles. The van der Waals surface area contributed by atoms with E-state index in [0.29, 0.717) is 0 Å². The van der Waals surface area contributed by atoms with Gasteiger partial charge >= 0.3 is 0 Å². The summed E-state index contributed by atoms with van der Waals surface area (Å²) in [5, 5.41) is 3.15. The van der Waals surface area contributed by atoms with Crippen molar-refractivity contribution in [3.8, 4) is 0 Å². The fraction of sp³-hybridized carbons (Fsp3) is 0.462. The maximum atomic E-state index is 11.8. The van der Waals surface area contributed by atoms with E-state index in [0.717, 1.165) is 31.5 Å². The zero-order chi connectivity index (χ0) is 11.5. The average Bonchev–Trinajstić information content (AvgIpc) is 2.57. The summed E-state index contributed by atoms with van der Waals surface area (Å²) in [4.78, 5) is 13.6. The zero-order valence-corrected chi connectivity index (χ0v) is 9.92. The highest BCUT2D eigenvalue weighted by molar-refractivity contribution is 5.98. The van der Waals surface area contributed by atoms with Crippen LogP contribution in [0.1, 0.15) is 27.9 Å². The predicted molar refractivity (Wildman–Crippen MR) is 64.5 cm³/mol. The second-order valence-corrected chi connectivity index (χ2v) is 4.31. The van der Waals surface area contributed by atoms with Crippen molar-refractivity contribution in [3.05, 3.63) is 34.9 Å². The van der Waals surface area contributed by atoms with Crippen LogP contribution in [0.3, 0.4) is 0 Å². The second kappa shape index (κ2) is 4.66. The topological polar surface area (TPSA) is 32.3 Å². The first kappa shape index (κ1) is 11.1. The van der Waals surface area contributed by atoms with Crippen molar-refractivity contribution in [2.75, 3.05) is 20.6 Å². The van der Waals surface area contributed by atoms with Gasteiger partial charge in [0.25, 0.3) is 5.91 Å². The van der Waals surface area contributed by atoms with Gasteiger partial charge in [-0.1, -0.05) is 12.1 Å². The molecule has 0 bridgehead atoms. The number of carbonyl (C=O) groups excluding carboxylic acids is 1. The van der Waals surface area contributed by atoms with Gasteiger partial charge in [0.1, 0.15) is 0 Å². The van der Waals surface area contributed by atoms with Crippen molar-refractivity contribution >= 4 is 5.91 Å². The van der Waals surface area contributed by atoms with Gasteiger partial charge in [-0.15, -0.1) is 0 Å². The fourth-order valence-corrected chi connectivity index (χ4v) is 2.23. The molecule has 16 heavy (non-hydrogen) atoms. The molecule has 0 aliphatic carbocycles. The minimum atomic E-state index is 0.158.